The van der Waals surface area contributed by atoms with Crippen LogP contribution in [0.4, 0.5) is 0 Å². The summed E-state index contributed by atoms with van der Waals surface area (Å²) in [5.74, 6) is -0.187. The molecule has 0 bridgehead atoms. The van der Waals surface area contributed by atoms with Crippen molar-refractivity contribution in [2.24, 2.45) is 0 Å². The molecule has 7 unspecified atom stereocenters. The summed E-state index contributed by atoms with van der Waals surface area (Å²) >= 11 is 0. The Kier molecular flexibility index (Phi) is 57.0. The van der Waals surface area contributed by atoms with Crippen molar-refractivity contribution < 1.29 is 39.8 Å². The SMILES string of the molecule is CC/C=C\C/C=C\C/C=C\C/C=C\CCCCCCCCCCCCCCCCCCCCCCCCCCC(=O)NC(COC1OC(CO)C(O)C(O)C1O)C(O)/C=C/CC/C=C/CC/C=C/CCCCCCCCCCCCC. The van der Waals surface area contributed by atoms with Gasteiger partial charge in [-0.25, -0.2) is 0 Å². The Morgan fingerprint density at radius 1 is 0.432 bits per heavy atom. The maximum absolute atomic E-state index is 13.1. The number of allylic oxidation sites excluding steroid dienone is 13. The van der Waals surface area contributed by atoms with Crippen LogP contribution < -0.4 is 5.32 Å². The van der Waals surface area contributed by atoms with Crippen molar-refractivity contribution >= 4 is 5.91 Å². The highest BCUT2D eigenvalue weighted by atomic mass is 16.7. The summed E-state index contributed by atoms with van der Waals surface area (Å²) in [5.41, 5.74) is 0. The summed E-state index contributed by atoms with van der Waals surface area (Å²) < 4.78 is 11.3. The van der Waals surface area contributed by atoms with Gasteiger partial charge >= 0.3 is 0 Å². The minimum atomic E-state index is -1.58. The number of aliphatic hydroxyl groups is 5. The molecule has 1 aliphatic heterocycles. The van der Waals surface area contributed by atoms with E-state index in [0.717, 1.165) is 70.6 Å². The van der Waals surface area contributed by atoms with Crippen LogP contribution in [0.15, 0.2) is 85.1 Å². The first-order valence-electron chi connectivity index (χ1n) is 34.3. The third kappa shape index (κ3) is 49.4. The molecule has 0 saturated carbocycles. The smallest absolute Gasteiger partial charge is 0.220 e. The van der Waals surface area contributed by atoms with E-state index >= 15 is 0 Å². The van der Waals surface area contributed by atoms with E-state index in [1.54, 1.807) is 6.08 Å². The number of hydrogen-bond donors (Lipinski definition) is 6. The average molecular weight is 1140 g/mol. The molecule has 81 heavy (non-hydrogen) atoms. The lowest BCUT2D eigenvalue weighted by molar-refractivity contribution is -0.302. The predicted molar refractivity (Wildman–Crippen MR) is 345 cm³/mol. The summed E-state index contributed by atoms with van der Waals surface area (Å²) in [6.45, 7) is 3.67. The van der Waals surface area contributed by atoms with Gasteiger partial charge in [-0.3, -0.25) is 4.79 Å². The molecule has 470 valence electrons. The summed E-state index contributed by atoms with van der Waals surface area (Å²) in [4.78, 5) is 13.1. The monoisotopic (exact) mass is 1140 g/mol. The third-order valence-corrected chi connectivity index (χ3v) is 15.9. The van der Waals surface area contributed by atoms with Gasteiger partial charge in [-0.2, -0.15) is 0 Å². The summed E-state index contributed by atoms with van der Waals surface area (Å²) in [6, 6.07) is -0.831. The standard InChI is InChI=1S/C72H129NO8/c1-3-5-7-9-11-13-15-17-19-21-23-25-26-27-28-29-30-31-32-33-34-35-36-37-38-39-40-42-44-46-48-50-52-54-56-58-60-62-68(76)73-65(64-80-72-71(79)70(78)69(77)67(63-74)81-72)66(75)61-59-57-55-53-51-49-47-45-43-41-24-22-20-18-16-14-12-10-8-6-4-2/h5,7,11,13,17,19,23,25,43,45,51,53,59,61,65-67,69-72,74-75,77-79H,3-4,6,8-10,12,14-16,18,20-22,24,26-42,44,46-50,52,54-58,60,62-64H2,1-2H3,(H,73,76)/b7-5-,13-11-,19-17-,25-23-,45-43+,53-51+,61-59+. The molecule has 1 rings (SSSR count). The number of nitrogens with one attached hydrogen (secondary N) is 1. The highest BCUT2D eigenvalue weighted by Crippen LogP contribution is 2.23. The number of rotatable bonds is 59. The van der Waals surface area contributed by atoms with Gasteiger partial charge in [0.2, 0.25) is 5.91 Å². The largest absolute Gasteiger partial charge is 0.394 e. The zero-order valence-corrected chi connectivity index (χ0v) is 52.5. The number of carbonyl (C=O) groups excluding carboxylic acids is 1. The van der Waals surface area contributed by atoms with Gasteiger partial charge in [0.25, 0.3) is 0 Å². The van der Waals surface area contributed by atoms with Gasteiger partial charge in [-0.05, 0) is 83.5 Å². The lowest BCUT2D eigenvalue weighted by atomic mass is 9.99. The molecule has 1 aliphatic rings. The second kappa shape index (κ2) is 60.5. The molecule has 0 aromatic rings. The Labute approximate surface area is 499 Å². The van der Waals surface area contributed by atoms with Gasteiger partial charge in [-0.15, -0.1) is 0 Å². The number of unbranched alkanes of at least 4 members (excludes halogenated alkanes) is 37. The lowest BCUT2D eigenvalue weighted by Crippen LogP contribution is -2.60. The van der Waals surface area contributed by atoms with Crippen LogP contribution in [0.2, 0.25) is 0 Å². The molecule has 7 atom stereocenters. The Hall–Kier alpha value is -2.63. The Morgan fingerprint density at radius 3 is 1.19 bits per heavy atom. The summed E-state index contributed by atoms with van der Waals surface area (Å²) in [7, 11) is 0. The van der Waals surface area contributed by atoms with Crippen LogP contribution in [-0.2, 0) is 14.3 Å². The topological polar surface area (TPSA) is 149 Å². The molecule has 0 aromatic carbocycles. The van der Waals surface area contributed by atoms with Crippen molar-refractivity contribution in [2.75, 3.05) is 13.2 Å². The van der Waals surface area contributed by atoms with E-state index in [-0.39, 0.29) is 12.5 Å². The van der Waals surface area contributed by atoms with E-state index in [4.69, 9.17) is 9.47 Å². The quantitative estimate of drug-likeness (QED) is 0.0261. The number of amides is 1. The van der Waals surface area contributed by atoms with Crippen LogP contribution in [0.1, 0.15) is 309 Å². The first-order valence-corrected chi connectivity index (χ1v) is 34.3. The normalized spacial score (nSPS) is 18.9. The Balaban J connectivity index is 2.11. The van der Waals surface area contributed by atoms with Crippen LogP contribution in [0, 0.1) is 0 Å². The van der Waals surface area contributed by atoms with E-state index < -0.39 is 49.5 Å². The summed E-state index contributed by atoms with van der Waals surface area (Å²) in [5, 5.41) is 54.7. The highest BCUT2D eigenvalue weighted by molar-refractivity contribution is 5.76. The zero-order chi connectivity index (χ0) is 58.6. The van der Waals surface area contributed by atoms with Crippen LogP contribution in [0.3, 0.4) is 0 Å². The third-order valence-electron chi connectivity index (χ3n) is 15.9. The van der Waals surface area contributed by atoms with Gasteiger partial charge in [0.15, 0.2) is 6.29 Å². The molecule has 0 radical (unpaired) electrons. The molecule has 6 N–H and O–H groups in total. The fraction of sp³-hybridized carbons (Fsp3) is 0.792. The molecule has 0 spiro atoms. The van der Waals surface area contributed by atoms with Gasteiger partial charge in [0.05, 0.1) is 25.4 Å². The van der Waals surface area contributed by atoms with E-state index in [1.165, 1.54) is 218 Å². The predicted octanol–water partition coefficient (Wildman–Crippen LogP) is 18.5. The Morgan fingerprint density at radius 2 is 0.778 bits per heavy atom. The fourth-order valence-electron chi connectivity index (χ4n) is 10.6. The van der Waals surface area contributed by atoms with Crippen molar-refractivity contribution in [3.63, 3.8) is 0 Å². The molecule has 1 saturated heterocycles. The molecular weight excluding hydrogens is 1010 g/mol. The molecule has 0 aromatic heterocycles. The number of carbonyl (C=O) groups is 1. The highest BCUT2D eigenvalue weighted by Gasteiger charge is 2.44. The van der Waals surface area contributed by atoms with Gasteiger partial charge in [-0.1, -0.05) is 304 Å². The van der Waals surface area contributed by atoms with Crippen molar-refractivity contribution in [1.29, 1.82) is 0 Å². The van der Waals surface area contributed by atoms with Crippen LogP contribution in [0.5, 0.6) is 0 Å². The average Bonchev–Trinajstić information content (AvgIpc) is 3.49. The van der Waals surface area contributed by atoms with Gasteiger partial charge in [0, 0.05) is 6.42 Å². The molecule has 0 aliphatic carbocycles. The Bertz CT molecular complexity index is 1550. The van der Waals surface area contributed by atoms with E-state index in [1.807, 2.05) is 6.08 Å². The van der Waals surface area contributed by atoms with Crippen molar-refractivity contribution in [3.05, 3.63) is 85.1 Å². The molecule has 1 heterocycles. The zero-order valence-electron chi connectivity index (χ0n) is 52.5. The first kappa shape index (κ1) is 76.4. The molecule has 1 fully saturated rings. The molecular formula is C72H129NO8. The van der Waals surface area contributed by atoms with Crippen LogP contribution in [0.25, 0.3) is 0 Å². The fourth-order valence-corrected chi connectivity index (χ4v) is 10.6. The van der Waals surface area contributed by atoms with E-state index in [9.17, 15) is 30.3 Å². The molecule has 9 nitrogen and oxygen atoms in total. The minimum Gasteiger partial charge on any atom is -0.394 e. The maximum Gasteiger partial charge on any atom is 0.220 e. The minimum absolute atomic E-state index is 0.187. The summed E-state index contributed by atoms with van der Waals surface area (Å²) in [6.07, 6.45) is 79.8. The number of hydrogen-bond acceptors (Lipinski definition) is 8. The van der Waals surface area contributed by atoms with E-state index in [0.29, 0.717) is 6.42 Å². The molecule has 1 amide bonds. The van der Waals surface area contributed by atoms with Crippen LogP contribution in [-0.4, -0.2) is 87.5 Å². The van der Waals surface area contributed by atoms with Gasteiger partial charge in [0.1, 0.15) is 24.4 Å². The second-order valence-electron chi connectivity index (χ2n) is 23.6. The first-order chi connectivity index (χ1) is 39.8. The van der Waals surface area contributed by atoms with Crippen molar-refractivity contribution in [3.8, 4) is 0 Å². The van der Waals surface area contributed by atoms with Crippen LogP contribution >= 0.6 is 0 Å². The number of ether oxygens (including phenoxy) is 2. The molecule has 9 heteroatoms. The van der Waals surface area contributed by atoms with Gasteiger partial charge < -0.3 is 40.3 Å². The van der Waals surface area contributed by atoms with E-state index in [2.05, 4.69) is 92.1 Å². The van der Waals surface area contributed by atoms with Crippen molar-refractivity contribution in [2.45, 2.75) is 352 Å². The number of aliphatic hydroxyl groups excluding tert-OH is 5. The lowest BCUT2D eigenvalue weighted by Gasteiger charge is -2.40. The second-order valence-corrected chi connectivity index (χ2v) is 23.6. The maximum atomic E-state index is 13.1. The van der Waals surface area contributed by atoms with Crippen molar-refractivity contribution in [1.82, 2.24) is 5.32 Å².